The van der Waals surface area contributed by atoms with E-state index in [-0.39, 0.29) is 24.0 Å². The standard InChI is InChI=1S/C26H32N2O3S/c1-17-10-12-28(13-11-17)22(24-5-4-14-32-24)16-27-25(29)9-8-21-19(3)20-7-6-18(2)15-23(20)31-26(21)30/h4-7,14-15,17,22H,8-13,16H2,1-3H3,(H,27,29). The molecule has 1 unspecified atom stereocenters. The van der Waals surface area contributed by atoms with E-state index in [1.54, 1.807) is 11.3 Å². The number of benzene rings is 1. The van der Waals surface area contributed by atoms with Gasteiger partial charge in [0.1, 0.15) is 5.58 Å². The van der Waals surface area contributed by atoms with E-state index in [1.807, 2.05) is 32.0 Å². The van der Waals surface area contributed by atoms with E-state index in [2.05, 4.69) is 34.7 Å². The molecule has 1 aromatic carbocycles. The van der Waals surface area contributed by atoms with Gasteiger partial charge in [0.2, 0.25) is 5.91 Å². The predicted molar refractivity (Wildman–Crippen MR) is 130 cm³/mol. The lowest BCUT2D eigenvalue weighted by Crippen LogP contribution is -2.41. The summed E-state index contributed by atoms with van der Waals surface area (Å²) in [4.78, 5) is 29.0. The summed E-state index contributed by atoms with van der Waals surface area (Å²) >= 11 is 1.75. The van der Waals surface area contributed by atoms with Gasteiger partial charge < -0.3 is 9.73 Å². The van der Waals surface area contributed by atoms with Crippen molar-refractivity contribution in [1.29, 1.82) is 0 Å². The highest BCUT2D eigenvalue weighted by molar-refractivity contribution is 7.10. The smallest absolute Gasteiger partial charge is 0.339 e. The van der Waals surface area contributed by atoms with Crippen LogP contribution in [-0.4, -0.2) is 30.4 Å². The molecule has 1 aliphatic rings. The summed E-state index contributed by atoms with van der Waals surface area (Å²) in [6.07, 6.45) is 3.06. The number of amides is 1. The monoisotopic (exact) mass is 452 g/mol. The minimum Gasteiger partial charge on any atom is -0.423 e. The molecule has 4 rings (SSSR count). The molecule has 0 radical (unpaired) electrons. The van der Waals surface area contributed by atoms with Crippen molar-refractivity contribution in [3.63, 3.8) is 0 Å². The molecule has 1 atom stereocenters. The minimum absolute atomic E-state index is 0.0280. The second kappa shape index (κ2) is 10.0. The van der Waals surface area contributed by atoms with Gasteiger partial charge in [0, 0.05) is 28.8 Å². The maximum atomic E-state index is 12.7. The summed E-state index contributed by atoms with van der Waals surface area (Å²) in [6, 6.07) is 10.3. The molecule has 0 spiro atoms. The van der Waals surface area contributed by atoms with E-state index in [9.17, 15) is 9.59 Å². The van der Waals surface area contributed by atoms with Gasteiger partial charge >= 0.3 is 5.63 Å². The van der Waals surface area contributed by atoms with Gasteiger partial charge in [-0.1, -0.05) is 25.1 Å². The second-order valence-electron chi connectivity index (χ2n) is 9.05. The number of carbonyl (C=O) groups excluding carboxylic acids is 1. The van der Waals surface area contributed by atoms with Crippen molar-refractivity contribution >= 4 is 28.2 Å². The number of nitrogens with zero attached hydrogens (tertiary/aromatic N) is 1. The minimum atomic E-state index is -0.340. The van der Waals surface area contributed by atoms with E-state index < -0.39 is 0 Å². The van der Waals surface area contributed by atoms with Crippen molar-refractivity contribution in [2.45, 2.75) is 52.5 Å². The third-order valence-corrected chi connectivity index (χ3v) is 7.64. The molecule has 170 valence electrons. The van der Waals surface area contributed by atoms with E-state index in [4.69, 9.17) is 4.42 Å². The van der Waals surface area contributed by atoms with Gasteiger partial charge in [-0.25, -0.2) is 4.79 Å². The van der Waals surface area contributed by atoms with Crippen LogP contribution in [0.2, 0.25) is 0 Å². The average Bonchev–Trinajstić information content (AvgIpc) is 3.29. The normalized spacial score (nSPS) is 16.3. The van der Waals surface area contributed by atoms with Gasteiger partial charge in [-0.15, -0.1) is 11.3 Å². The number of rotatable bonds is 7. The van der Waals surface area contributed by atoms with Crippen molar-refractivity contribution in [3.05, 3.63) is 67.7 Å². The van der Waals surface area contributed by atoms with E-state index >= 15 is 0 Å². The SMILES string of the molecule is Cc1ccc2c(C)c(CCC(=O)NCC(c3cccs3)N3CCC(C)CC3)c(=O)oc2c1. The summed E-state index contributed by atoms with van der Waals surface area (Å²) in [5.74, 6) is 0.741. The molecule has 0 aliphatic carbocycles. The van der Waals surface area contributed by atoms with Crippen molar-refractivity contribution in [3.8, 4) is 0 Å². The first kappa shape index (κ1) is 22.7. The Kier molecular flexibility index (Phi) is 7.11. The second-order valence-corrected chi connectivity index (χ2v) is 10.0. The number of thiophene rings is 1. The Morgan fingerprint density at radius 3 is 2.75 bits per heavy atom. The molecule has 5 nitrogen and oxygen atoms in total. The van der Waals surface area contributed by atoms with E-state index in [0.717, 1.165) is 35.5 Å². The Labute approximate surface area is 193 Å². The fourth-order valence-corrected chi connectivity index (χ4v) is 5.42. The van der Waals surface area contributed by atoms with Crippen LogP contribution in [0, 0.1) is 19.8 Å². The van der Waals surface area contributed by atoms with Crippen LogP contribution in [0.3, 0.4) is 0 Å². The molecule has 32 heavy (non-hydrogen) atoms. The van der Waals surface area contributed by atoms with Crippen LogP contribution in [0.1, 0.15) is 53.8 Å². The maximum Gasteiger partial charge on any atom is 0.339 e. The highest BCUT2D eigenvalue weighted by Gasteiger charge is 2.25. The van der Waals surface area contributed by atoms with Crippen LogP contribution in [0.5, 0.6) is 0 Å². The van der Waals surface area contributed by atoms with Crippen LogP contribution in [0.4, 0.5) is 0 Å². The molecule has 1 fully saturated rings. The summed E-state index contributed by atoms with van der Waals surface area (Å²) < 4.78 is 5.53. The zero-order valence-electron chi connectivity index (χ0n) is 19.1. The van der Waals surface area contributed by atoms with Gasteiger partial charge in [0.25, 0.3) is 0 Å². The molecule has 1 aliphatic heterocycles. The molecule has 1 N–H and O–H groups in total. The van der Waals surface area contributed by atoms with Crippen LogP contribution < -0.4 is 10.9 Å². The third kappa shape index (κ3) is 5.13. The lowest BCUT2D eigenvalue weighted by atomic mass is 9.97. The van der Waals surface area contributed by atoms with Crippen molar-refractivity contribution < 1.29 is 9.21 Å². The fourth-order valence-electron chi connectivity index (χ4n) is 4.56. The Hall–Kier alpha value is -2.44. The molecule has 1 amide bonds. The molecule has 3 heterocycles. The highest BCUT2D eigenvalue weighted by atomic mass is 32.1. The average molecular weight is 453 g/mol. The maximum absolute atomic E-state index is 12.7. The molecular weight excluding hydrogens is 420 g/mol. The quantitative estimate of drug-likeness (QED) is 0.513. The van der Waals surface area contributed by atoms with E-state index in [0.29, 0.717) is 24.1 Å². The fraction of sp³-hybridized carbons (Fsp3) is 0.462. The van der Waals surface area contributed by atoms with Crippen LogP contribution >= 0.6 is 11.3 Å². The first-order chi connectivity index (χ1) is 15.4. The van der Waals surface area contributed by atoms with Crippen LogP contribution in [-0.2, 0) is 11.2 Å². The van der Waals surface area contributed by atoms with Gasteiger partial charge in [-0.05, 0) is 80.8 Å². The number of nitrogens with one attached hydrogen (secondary N) is 1. The zero-order valence-corrected chi connectivity index (χ0v) is 20.0. The van der Waals surface area contributed by atoms with Gasteiger partial charge in [0.15, 0.2) is 0 Å². The van der Waals surface area contributed by atoms with Crippen molar-refractivity contribution in [1.82, 2.24) is 10.2 Å². The molecule has 0 bridgehead atoms. The highest BCUT2D eigenvalue weighted by Crippen LogP contribution is 2.29. The number of fused-ring (bicyclic) bond motifs is 1. The molecule has 2 aromatic heterocycles. The van der Waals surface area contributed by atoms with Crippen molar-refractivity contribution in [2.75, 3.05) is 19.6 Å². The lowest BCUT2D eigenvalue weighted by molar-refractivity contribution is -0.121. The van der Waals surface area contributed by atoms with Crippen LogP contribution in [0.25, 0.3) is 11.0 Å². The van der Waals surface area contributed by atoms with Gasteiger partial charge in [-0.2, -0.15) is 0 Å². The Bertz CT molecular complexity index is 1130. The third-order valence-electron chi connectivity index (χ3n) is 6.67. The number of piperidine rings is 1. The lowest BCUT2D eigenvalue weighted by Gasteiger charge is -2.36. The molecule has 6 heteroatoms. The summed E-state index contributed by atoms with van der Waals surface area (Å²) in [5, 5.41) is 6.16. The first-order valence-electron chi connectivity index (χ1n) is 11.5. The molecule has 1 saturated heterocycles. The number of hydrogen-bond donors (Lipinski definition) is 1. The number of hydrogen-bond acceptors (Lipinski definition) is 5. The number of likely N-dealkylation sites (tertiary alicyclic amines) is 1. The Morgan fingerprint density at radius 1 is 1.25 bits per heavy atom. The van der Waals surface area contributed by atoms with E-state index in [1.165, 1.54) is 17.7 Å². The number of aryl methyl sites for hydroxylation is 2. The van der Waals surface area contributed by atoms with Gasteiger partial charge in [0.05, 0.1) is 6.04 Å². The number of carbonyl (C=O) groups is 1. The zero-order chi connectivity index (χ0) is 22.7. The summed E-state index contributed by atoms with van der Waals surface area (Å²) in [5.41, 5.74) is 2.82. The molecule has 0 saturated carbocycles. The summed E-state index contributed by atoms with van der Waals surface area (Å²) in [6.45, 7) is 8.95. The predicted octanol–water partition coefficient (Wildman–Crippen LogP) is 4.99. The Morgan fingerprint density at radius 2 is 2.03 bits per heavy atom. The topological polar surface area (TPSA) is 62.6 Å². The largest absolute Gasteiger partial charge is 0.423 e. The first-order valence-corrected chi connectivity index (χ1v) is 12.4. The molecule has 3 aromatic rings. The van der Waals surface area contributed by atoms with Gasteiger partial charge in [-0.3, -0.25) is 9.69 Å². The molecular formula is C26H32N2O3S. The van der Waals surface area contributed by atoms with Crippen molar-refractivity contribution in [2.24, 2.45) is 5.92 Å². The van der Waals surface area contributed by atoms with Crippen LogP contribution in [0.15, 0.2) is 44.9 Å². The summed E-state index contributed by atoms with van der Waals surface area (Å²) in [7, 11) is 0. The Balaban J connectivity index is 1.40.